The fourth-order valence-electron chi connectivity index (χ4n) is 1.42. The van der Waals surface area contributed by atoms with Crippen molar-refractivity contribution in [3.05, 3.63) is 11.9 Å². The number of rotatable bonds is 5. The Balaban J connectivity index is 2.81. The maximum absolute atomic E-state index is 12.1. The van der Waals surface area contributed by atoms with Crippen LogP contribution in [-0.4, -0.2) is 48.5 Å². The van der Waals surface area contributed by atoms with Gasteiger partial charge in [0.15, 0.2) is 0 Å². The number of likely N-dealkylation sites (N-methyl/N-ethyl adjacent to an activating group) is 1. The first-order valence-electron chi connectivity index (χ1n) is 5.51. The molecular weight excluding hydrogens is 256 g/mol. The topological polar surface area (TPSA) is 95.2 Å². The first-order valence-corrected chi connectivity index (χ1v) is 6.95. The summed E-state index contributed by atoms with van der Waals surface area (Å²) in [6, 6.07) is -0.0238. The molecule has 0 saturated carbocycles. The van der Waals surface area contributed by atoms with E-state index in [0.717, 1.165) is 4.31 Å². The minimum absolute atomic E-state index is 0.0238. The van der Waals surface area contributed by atoms with E-state index in [2.05, 4.69) is 15.5 Å². The van der Waals surface area contributed by atoms with Gasteiger partial charge in [0.05, 0.1) is 18.4 Å². The number of aromatic amines is 1. The molecule has 7 nitrogen and oxygen atoms in total. The molecule has 1 rings (SSSR count). The fraction of sp³-hybridized carbons (Fsp3) is 0.600. The molecule has 1 amide bonds. The van der Waals surface area contributed by atoms with Crippen LogP contribution in [0.5, 0.6) is 0 Å². The summed E-state index contributed by atoms with van der Waals surface area (Å²) in [5, 5.41) is 8.86. The summed E-state index contributed by atoms with van der Waals surface area (Å²) in [4.78, 5) is 11.6. The Labute approximate surface area is 107 Å². The number of H-pyrrole nitrogens is 1. The van der Waals surface area contributed by atoms with E-state index >= 15 is 0 Å². The van der Waals surface area contributed by atoms with Gasteiger partial charge in [-0.2, -0.15) is 9.40 Å². The lowest BCUT2D eigenvalue weighted by molar-refractivity contribution is -0.121. The average Bonchev–Trinajstić information content (AvgIpc) is 2.63. The van der Waals surface area contributed by atoms with Crippen molar-refractivity contribution in [2.24, 2.45) is 0 Å². The summed E-state index contributed by atoms with van der Waals surface area (Å²) >= 11 is 0. The molecule has 1 aromatic heterocycles. The molecule has 0 saturated heterocycles. The van der Waals surface area contributed by atoms with Crippen LogP contribution < -0.4 is 5.32 Å². The Morgan fingerprint density at radius 1 is 1.56 bits per heavy atom. The second-order valence-electron chi connectivity index (χ2n) is 4.34. The van der Waals surface area contributed by atoms with Crippen molar-refractivity contribution in [3.63, 3.8) is 0 Å². The predicted molar refractivity (Wildman–Crippen MR) is 66.4 cm³/mol. The van der Waals surface area contributed by atoms with Crippen LogP contribution in [-0.2, 0) is 14.8 Å². The van der Waals surface area contributed by atoms with E-state index < -0.39 is 10.0 Å². The first kappa shape index (κ1) is 14.7. The third kappa shape index (κ3) is 3.30. The van der Waals surface area contributed by atoms with E-state index in [1.165, 1.54) is 13.2 Å². The quantitative estimate of drug-likeness (QED) is 0.781. The van der Waals surface area contributed by atoms with E-state index in [-0.39, 0.29) is 23.4 Å². The van der Waals surface area contributed by atoms with Gasteiger partial charge in [-0.05, 0) is 20.8 Å². The lowest BCUT2D eigenvalue weighted by Gasteiger charge is -2.17. The minimum Gasteiger partial charge on any atom is -0.353 e. The van der Waals surface area contributed by atoms with E-state index in [1.807, 2.05) is 13.8 Å². The number of carbonyl (C=O) groups is 1. The van der Waals surface area contributed by atoms with Gasteiger partial charge in [0.1, 0.15) is 4.90 Å². The molecule has 0 atom stereocenters. The minimum atomic E-state index is -3.68. The van der Waals surface area contributed by atoms with Crippen LogP contribution in [0.25, 0.3) is 0 Å². The summed E-state index contributed by atoms with van der Waals surface area (Å²) in [5.41, 5.74) is 0.450. The molecule has 2 N–H and O–H groups in total. The molecule has 0 bridgehead atoms. The zero-order valence-corrected chi connectivity index (χ0v) is 11.7. The summed E-state index contributed by atoms with van der Waals surface area (Å²) in [6.45, 7) is 5.02. The summed E-state index contributed by atoms with van der Waals surface area (Å²) in [5.74, 6) is -0.336. The van der Waals surface area contributed by atoms with Crippen molar-refractivity contribution in [2.75, 3.05) is 13.6 Å². The Hall–Kier alpha value is -1.41. The summed E-state index contributed by atoms with van der Waals surface area (Å²) < 4.78 is 25.2. The van der Waals surface area contributed by atoms with E-state index in [0.29, 0.717) is 5.69 Å². The largest absolute Gasteiger partial charge is 0.353 e. The Morgan fingerprint density at radius 2 is 2.17 bits per heavy atom. The Kier molecular flexibility index (Phi) is 4.47. The maximum Gasteiger partial charge on any atom is 0.246 e. The molecule has 0 unspecified atom stereocenters. The second-order valence-corrected chi connectivity index (χ2v) is 6.36. The van der Waals surface area contributed by atoms with Crippen LogP contribution >= 0.6 is 0 Å². The van der Waals surface area contributed by atoms with E-state index in [4.69, 9.17) is 0 Å². The molecule has 0 spiro atoms. The summed E-state index contributed by atoms with van der Waals surface area (Å²) in [7, 11) is -2.32. The van der Waals surface area contributed by atoms with Crippen molar-refractivity contribution in [2.45, 2.75) is 31.7 Å². The summed E-state index contributed by atoms with van der Waals surface area (Å²) in [6.07, 6.45) is 1.24. The highest BCUT2D eigenvalue weighted by atomic mass is 32.2. The number of aromatic nitrogens is 2. The van der Waals surface area contributed by atoms with Crippen molar-refractivity contribution in [1.82, 2.24) is 19.8 Å². The van der Waals surface area contributed by atoms with Gasteiger partial charge in [0.25, 0.3) is 0 Å². The van der Waals surface area contributed by atoms with Crippen LogP contribution in [0.1, 0.15) is 19.5 Å². The first-order chi connectivity index (χ1) is 8.25. The van der Waals surface area contributed by atoms with Gasteiger partial charge in [-0.25, -0.2) is 8.42 Å². The monoisotopic (exact) mass is 274 g/mol. The van der Waals surface area contributed by atoms with E-state index in [1.54, 1.807) is 6.92 Å². The third-order valence-corrected chi connectivity index (χ3v) is 4.20. The number of hydrogen-bond donors (Lipinski definition) is 2. The van der Waals surface area contributed by atoms with Gasteiger partial charge in [0.2, 0.25) is 15.9 Å². The normalized spacial score (nSPS) is 12.1. The van der Waals surface area contributed by atoms with E-state index in [9.17, 15) is 13.2 Å². The average molecular weight is 274 g/mol. The molecule has 0 radical (unpaired) electrons. The molecule has 1 heterocycles. The highest BCUT2D eigenvalue weighted by Gasteiger charge is 2.25. The number of nitrogens with zero attached hydrogens (tertiary/aromatic N) is 2. The van der Waals surface area contributed by atoms with Crippen molar-refractivity contribution in [3.8, 4) is 0 Å². The maximum atomic E-state index is 12.1. The number of nitrogens with one attached hydrogen (secondary N) is 2. The molecule has 0 aromatic carbocycles. The molecule has 0 aliphatic heterocycles. The molecule has 0 fully saturated rings. The van der Waals surface area contributed by atoms with Crippen molar-refractivity contribution >= 4 is 15.9 Å². The zero-order valence-electron chi connectivity index (χ0n) is 10.9. The highest BCUT2D eigenvalue weighted by Crippen LogP contribution is 2.15. The number of carbonyl (C=O) groups excluding carboxylic acids is 1. The molecule has 1 aromatic rings. The number of aryl methyl sites for hydroxylation is 1. The lowest BCUT2D eigenvalue weighted by Crippen LogP contribution is -2.40. The lowest BCUT2D eigenvalue weighted by atomic mass is 10.4. The van der Waals surface area contributed by atoms with Crippen LogP contribution in [0.15, 0.2) is 11.1 Å². The van der Waals surface area contributed by atoms with Crippen LogP contribution in [0, 0.1) is 6.92 Å². The number of hydrogen-bond acceptors (Lipinski definition) is 4. The molecular formula is C10H18N4O3S. The van der Waals surface area contributed by atoms with Gasteiger partial charge in [-0.3, -0.25) is 9.89 Å². The van der Waals surface area contributed by atoms with Gasteiger partial charge >= 0.3 is 0 Å². The van der Waals surface area contributed by atoms with Gasteiger partial charge in [-0.1, -0.05) is 0 Å². The standard InChI is InChI=1S/C10H18N4O3S/c1-7(2)12-10(15)6-14(4)18(16,17)9-5-11-13-8(9)3/h5,7H,6H2,1-4H3,(H,11,13)(H,12,15). The molecule has 8 heteroatoms. The molecule has 18 heavy (non-hydrogen) atoms. The zero-order chi connectivity index (χ0) is 13.9. The van der Waals surface area contributed by atoms with Crippen LogP contribution in [0.4, 0.5) is 0 Å². The van der Waals surface area contributed by atoms with Crippen molar-refractivity contribution < 1.29 is 13.2 Å². The molecule has 102 valence electrons. The third-order valence-electron chi connectivity index (χ3n) is 2.29. The number of sulfonamides is 1. The van der Waals surface area contributed by atoms with Crippen LogP contribution in [0.2, 0.25) is 0 Å². The fourth-order valence-corrected chi connectivity index (χ4v) is 2.66. The second kappa shape index (κ2) is 5.49. The van der Waals surface area contributed by atoms with Crippen LogP contribution in [0.3, 0.4) is 0 Å². The SMILES string of the molecule is Cc1[nH]ncc1S(=O)(=O)N(C)CC(=O)NC(C)C. The Bertz CT molecular complexity index is 521. The molecule has 0 aliphatic carbocycles. The number of amides is 1. The van der Waals surface area contributed by atoms with Gasteiger partial charge < -0.3 is 5.32 Å². The predicted octanol–water partition coefficient (Wildman–Crippen LogP) is -0.137. The van der Waals surface area contributed by atoms with Gasteiger partial charge in [0, 0.05) is 13.1 Å². The molecule has 0 aliphatic rings. The Morgan fingerprint density at radius 3 is 2.61 bits per heavy atom. The smallest absolute Gasteiger partial charge is 0.246 e. The van der Waals surface area contributed by atoms with Crippen molar-refractivity contribution in [1.29, 1.82) is 0 Å². The van der Waals surface area contributed by atoms with Gasteiger partial charge in [-0.15, -0.1) is 0 Å². The highest BCUT2D eigenvalue weighted by molar-refractivity contribution is 7.89.